The number of nitrogens with one attached hydrogen (secondary N) is 1. The molecule has 1 atom stereocenters. The predicted octanol–water partition coefficient (Wildman–Crippen LogP) is 6.56. The van der Waals surface area contributed by atoms with Crippen LogP contribution in [0.15, 0.2) is 108 Å². The Morgan fingerprint density at radius 3 is 2.11 bits per heavy atom. The summed E-state index contributed by atoms with van der Waals surface area (Å²) in [6.07, 6.45) is 0.232. The maximum absolute atomic E-state index is 14.6. The number of carbonyl (C=O) groups excluding carboxylic acids is 2. The summed E-state index contributed by atoms with van der Waals surface area (Å²) in [6, 6.07) is 29.2. The van der Waals surface area contributed by atoms with E-state index in [1.807, 2.05) is 76.2 Å². The van der Waals surface area contributed by atoms with Gasteiger partial charge in [-0.2, -0.15) is 0 Å². The van der Waals surface area contributed by atoms with Crippen molar-refractivity contribution in [2.24, 2.45) is 5.92 Å². The van der Waals surface area contributed by atoms with Gasteiger partial charge in [-0.25, -0.2) is 8.42 Å². The fourth-order valence-electron chi connectivity index (χ4n) is 5.01. The smallest absolute Gasteiger partial charge is 0.264 e. The van der Waals surface area contributed by atoms with Gasteiger partial charge in [0.05, 0.1) is 10.6 Å². The first-order valence-electron chi connectivity index (χ1n) is 15.0. The number of hydrogen-bond donors (Lipinski definition) is 1. The first-order valence-corrected chi connectivity index (χ1v) is 16.8. The molecule has 7 nitrogen and oxygen atoms in total. The van der Waals surface area contributed by atoms with E-state index >= 15 is 0 Å². The second-order valence-corrected chi connectivity index (χ2v) is 13.8. The predicted molar refractivity (Wildman–Crippen MR) is 181 cm³/mol. The highest BCUT2D eigenvalue weighted by molar-refractivity contribution is 7.92. The number of aryl methyl sites for hydroxylation is 2. The van der Waals surface area contributed by atoms with Crippen LogP contribution in [0.1, 0.15) is 36.1 Å². The van der Waals surface area contributed by atoms with Crippen LogP contribution in [0.4, 0.5) is 5.69 Å². The number of benzene rings is 4. The number of sulfonamides is 1. The average molecular weight is 646 g/mol. The van der Waals surface area contributed by atoms with Gasteiger partial charge >= 0.3 is 0 Å². The Kier molecular flexibility index (Phi) is 11.4. The zero-order valence-corrected chi connectivity index (χ0v) is 27.7. The molecule has 1 N–H and O–H groups in total. The fourth-order valence-corrected chi connectivity index (χ4v) is 6.69. The Morgan fingerprint density at radius 2 is 1.47 bits per heavy atom. The summed E-state index contributed by atoms with van der Waals surface area (Å²) in [5, 5.41) is 3.44. The third-order valence-electron chi connectivity index (χ3n) is 7.50. The molecular weight excluding hydrogens is 606 g/mol. The van der Waals surface area contributed by atoms with E-state index in [-0.39, 0.29) is 29.7 Å². The molecule has 4 aromatic carbocycles. The molecule has 0 bridgehead atoms. The monoisotopic (exact) mass is 645 g/mol. The van der Waals surface area contributed by atoms with Gasteiger partial charge in [0.2, 0.25) is 11.8 Å². The van der Waals surface area contributed by atoms with E-state index in [1.165, 1.54) is 17.0 Å². The summed E-state index contributed by atoms with van der Waals surface area (Å²) >= 11 is 6.57. The molecule has 4 rings (SSSR count). The lowest BCUT2D eigenvalue weighted by atomic mass is 10.0. The van der Waals surface area contributed by atoms with Crippen molar-refractivity contribution in [1.82, 2.24) is 10.2 Å². The number of carbonyl (C=O) groups is 2. The van der Waals surface area contributed by atoms with Gasteiger partial charge in [-0.3, -0.25) is 13.9 Å². The lowest BCUT2D eigenvalue weighted by Crippen LogP contribution is -2.53. The van der Waals surface area contributed by atoms with Crippen molar-refractivity contribution >= 4 is 39.1 Å². The van der Waals surface area contributed by atoms with E-state index in [0.29, 0.717) is 28.4 Å². The van der Waals surface area contributed by atoms with Crippen molar-refractivity contribution in [3.63, 3.8) is 0 Å². The Morgan fingerprint density at radius 1 is 0.844 bits per heavy atom. The molecule has 0 aromatic heterocycles. The number of halogens is 1. The van der Waals surface area contributed by atoms with Gasteiger partial charge in [0.1, 0.15) is 12.6 Å². The van der Waals surface area contributed by atoms with Crippen LogP contribution in [-0.2, 0) is 32.6 Å². The van der Waals surface area contributed by atoms with Crippen LogP contribution in [-0.4, -0.2) is 44.3 Å². The van der Waals surface area contributed by atoms with Crippen LogP contribution in [0.3, 0.4) is 0 Å². The number of rotatable bonds is 13. The summed E-state index contributed by atoms with van der Waals surface area (Å²) < 4.78 is 29.5. The van der Waals surface area contributed by atoms with Gasteiger partial charge < -0.3 is 10.2 Å². The number of anilines is 1. The van der Waals surface area contributed by atoms with Crippen LogP contribution >= 0.6 is 11.6 Å². The van der Waals surface area contributed by atoms with Crippen molar-refractivity contribution < 1.29 is 18.0 Å². The molecule has 0 aliphatic carbocycles. The lowest BCUT2D eigenvalue weighted by molar-refractivity contribution is -0.140. The molecular formula is C36H40ClN3O4S. The SMILES string of the molecule is Cc1ccc(C)c(N(CC(=O)N(Cc2ccccc2Cl)[C@H](Cc2ccccc2)C(=O)NCC(C)C)S(=O)(=O)c2ccccc2)c1. The molecule has 0 radical (unpaired) electrons. The molecule has 0 saturated carbocycles. The van der Waals surface area contributed by atoms with Gasteiger partial charge in [-0.15, -0.1) is 0 Å². The number of hydrogen-bond acceptors (Lipinski definition) is 4. The molecule has 0 saturated heterocycles. The van der Waals surface area contributed by atoms with Crippen molar-refractivity contribution in [3.05, 3.63) is 130 Å². The van der Waals surface area contributed by atoms with Crippen LogP contribution in [0.5, 0.6) is 0 Å². The number of amides is 2. The van der Waals surface area contributed by atoms with Gasteiger partial charge in [0, 0.05) is 24.5 Å². The molecule has 2 amide bonds. The average Bonchev–Trinajstić information content (AvgIpc) is 3.03. The van der Waals surface area contributed by atoms with Gasteiger partial charge in [0.25, 0.3) is 10.0 Å². The summed E-state index contributed by atoms with van der Waals surface area (Å²) in [4.78, 5) is 30.0. The summed E-state index contributed by atoms with van der Waals surface area (Å²) in [6.45, 7) is 7.59. The van der Waals surface area contributed by atoms with Gasteiger partial charge in [-0.05, 0) is 66.3 Å². The van der Waals surface area contributed by atoms with E-state index in [9.17, 15) is 18.0 Å². The van der Waals surface area contributed by atoms with E-state index in [0.717, 1.165) is 15.4 Å². The molecule has 45 heavy (non-hydrogen) atoms. The topological polar surface area (TPSA) is 86.8 Å². The maximum Gasteiger partial charge on any atom is 0.264 e. The highest BCUT2D eigenvalue weighted by Gasteiger charge is 2.35. The minimum atomic E-state index is -4.17. The van der Waals surface area contributed by atoms with Crippen LogP contribution in [0.2, 0.25) is 5.02 Å². The Labute approximate surface area is 271 Å². The molecule has 0 spiro atoms. The normalized spacial score (nSPS) is 12.0. The van der Waals surface area contributed by atoms with Crippen molar-refractivity contribution in [2.45, 2.75) is 51.6 Å². The molecule has 9 heteroatoms. The summed E-state index contributed by atoms with van der Waals surface area (Å²) in [7, 11) is -4.17. The molecule has 236 valence electrons. The summed E-state index contributed by atoms with van der Waals surface area (Å²) in [5.74, 6) is -0.664. The minimum Gasteiger partial charge on any atom is -0.354 e. The van der Waals surface area contributed by atoms with Crippen LogP contribution in [0, 0.1) is 19.8 Å². The van der Waals surface area contributed by atoms with E-state index in [1.54, 1.807) is 42.5 Å². The van der Waals surface area contributed by atoms with E-state index in [4.69, 9.17) is 11.6 Å². The van der Waals surface area contributed by atoms with Gasteiger partial charge in [0.15, 0.2) is 0 Å². The first kappa shape index (κ1) is 33.7. The van der Waals surface area contributed by atoms with Crippen LogP contribution in [0.25, 0.3) is 0 Å². The summed E-state index contributed by atoms with van der Waals surface area (Å²) in [5.41, 5.74) is 3.45. The third kappa shape index (κ3) is 8.74. The first-order chi connectivity index (χ1) is 21.5. The highest BCUT2D eigenvalue weighted by Crippen LogP contribution is 2.29. The quantitative estimate of drug-likeness (QED) is 0.178. The fraction of sp³-hybridized carbons (Fsp3) is 0.278. The molecule has 0 heterocycles. The highest BCUT2D eigenvalue weighted by atomic mass is 35.5. The molecule has 0 unspecified atom stereocenters. The second kappa shape index (κ2) is 15.2. The third-order valence-corrected chi connectivity index (χ3v) is 9.64. The van der Waals surface area contributed by atoms with Gasteiger partial charge in [-0.1, -0.05) is 104 Å². The second-order valence-electron chi connectivity index (χ2n) is 11.6. The zero-order chi connectivity index (χ0) is 32.6. The van der Waals surface area contributed by atoms with E-state index < -0.39 is 28.5 Å². The Balaban J connectivity index is 1.83. The van der Waals surface area contributed by atoms with E-state index in [2.05, 4.69) is 5.32 Å². The van der Waals surface area contributed by atoms with Crippen LogP contribution < -0.4 is 9.62 Å². The molecule has 0 aliphatic rings. The minimum absolute atomic E-state index is 0.0110. The van der Waals surface area contributed by atoms with Crippen molar-refractivity contribution in [3.8, 4) is 0 Å². The van der Waals surface area contributed by atoms with Crippen molar-refractivity contribution in [2.75, 3.05) is 17.4 Å². The van der Waals surface area contributed by atoms with Crippen molar-refractivity contribution in [1.29, 1.82) is 0 Å². The molecule has 0 fully saturated rings. The zero-order valence-electron chi connectivity index (χ0n) is 26.1. The Hall–Kier alpha value is -4.14. The number of nitrogens with zero attached hydrogens (tertiary/aromatic N) is 2. The molecule has 0 aliphatic heterocycles. The standard InChI is InChI=1S/C36H40ClN3O4S/c1-26(2)23-38-36(42)34(22-29-13-7-5-8-14-29)39(24-30-15-11-12-18-32(30)37)35(41)25-40(33-21-27(3)19-20-28(33)4)45(43,44)31-16-9-6-10-17-31/h5-21,26,34H,22-25H2,1-4H3,(H,38,42)/t34-/m1/s1. The lowest BCUT2D eigenvalue weighted by Gasteiger charge is -2.34. The Bertz CT molecular complexity index is 1710. The largest absolute Gasteiger partial charge is 0.354 e. The maximum atomic E-state index is 14.6. The molecule has 4 aromatic rings.